The number of hydrogen-bond donors (Lipinski definition) is 3. The zero-order chi connectivity index (χ0) is 17.6. The number of rotatable bonds is 4. The molecule has 3 N–H and O–H groups in total. The Kier molecular flexibility index (Phi) is 6.39. The Hall–Kier alpha value is -1.51. The number of aromatic nitrogens is 1. The third kappa shape index (κ3) is 5.23. The summed E-state index contributed by atoms with van der Waals surface area (Å²) in [6, 6.07) is 2.42. The molecular formula is C17H22N4OS3. The average Bonchev–Trinajstić information content (AvgIpc) is 3.26. The highest BCUT2D eigenvalue weighted by atomic mass is 32.1. The molecular weight excluding hydrogens is 372 g/mol. The van der Waals surface area contributed by atoms with Crippen LogP contribution in [0.5, 0.6) is 0 Å². The van der Waals surface area contributed by atoms with Crippen LogP contribution in [0.15, 0.2) is 22.2 Å². The number of amides is 1. The highest BCUT2D eigenvalue weighted by molar-refractivity contribution is 7.80. The number of thiocarbonyl (C=S) groups is 1. The van der Waals surface area contributed by atoms with Gasteiger partial charge in [-0.15, -0.1) is 11.3 Å². The normalized spacial score (nSPS) is 20.0. The molecule has 1 fully saturated rings. The predicted octanol–water partition coefficient (Wildman–Crippen LogP) is 3.49. The van der Waals surface area contributed by atoms with E-state index in [2.05, 4.69) is 33.5 Å². The van der Waals surface area contributed by atoms with E-state index in [0.717, 1.165) is 22.7 Å². The fourth-order valence-electron chi connectivity index (χ4n) is 2.98. The molecule has 0 saturated heterocycles. The first kappa shape index (κ1) is 18.3. The lowest BCUT2D eigenvalue weighted by Gasteiger charge is -2.30. The SMILES string of the molecule is CC1CCCCC1NC(=S)NNC(=O)Cc1csc(-c2ccsc2)n1. The Morgan fingerprint density at radius 2 is 2.16 bits per heavy atom. The molecule has 0 aliphatic heterocycles. The molecule has 1 aliphatic rings. The molecule has 25 heavy (non-hydrogen) atoms. The zero-order valence-corrected chi connectivity index (χ0v) is 16.5. The van der Waals surface area contributed by atoms with Gasteiger partial charge in [-0.05, 0) is 42.4 Å². The first-order valence-electron chi connectivity index (χ1n) is 8.44. The van der Waals surface area contributed by atoms with Gasteiger partial charge < -0.3 is 5.32 Å². The molecule has 2 aromatic heterocycles. The van der Waals surface area contributed by atoms with Gasteiger partial charge in [0.05, 0.1) is 12.1 Å². The molecule has 1 saturated carbocycles. The van der Waals surface area contributed by atoms with Crippen molar-refractivity contribution < 1.29 is 4.79 Å². The summed E-state index contributed by atoms with van der Waals surface area (Å²) in [5.74, 6) is 0.456. The van der Waals surface area contributed by atoms with E-state index >= 15 is 0 Å². The third-order valence-corrected chi connectivity index (χ3v) is 6.25. The number of thiazole rings is 1. The number of nitrogens with one attached hydrogen (secondary N) is 3. The Labute approximate surface area is 161 Å². The van der Waals surface area contributed by atoms with Crippen LogP contribution in [-0.2, 0) is 11.2 Å². The van der Waals surface area contributed by atoms with Crippen LogP contribution in [-0.4, -0.2) is 22.0 Å². The van der Waals surface area contributed by atoms with E-state index in [0.29, 0.717) is 17.1 Å². The first-order valence-corrected chi connectivity index (χ1v) is 10.7. The van der Waals surface area contributed by atoms with Crippen LogP contribution in [0, 0.1) is 5.92 Å². The Balaban J connectivity index is 1.42. The van der Waals surface area contributed by atoms with Gasteiger partial charge in [0.2, 0.25) is 5.91 Å². The van der Waals surface area contributed by atoms with Gasteiger partial charge >= 0.3 is 0 Å². The van der Waals surface area contributed by atoms with E-state index in [1.54, 1.807) is 22.7 Å². The van der Waals surface area contributed by atoms with Crippen molar-refractivity contribution in [3.05, 3.63) is 27.9 Å². The van der Waals surface area contributed by atoms with Gasteiger partial charge in [-0.2, -0.15) is 11.3 Å². The van der Waals surface area contributed by atoms with E-state index in [1.165, 1.54) is 19.3 Å². The van der Waals surface area contributed by atoms with Gasteiger partial charge in [0.1, 0.15) is 5.01 Å². The second-order valence-electron chi connectivity index (χ2n) is 6.35. The van der Waals surface area contributed by atoms with E-state index in [-0.39, 0.29) is 12.3 Å². The monoisotopic (exact) mass is 394 g/mol. The zero-order valence-electron chi connectivity index (χ0n) is 14.1. The number of hydrazine groups is 1. The summed E-state index contributed by atoms with van der Waals surface area (Å²) in [6.45, 7) is 2.24. The van der Waals surface area contributed by atoms with Crippen molar-refractivity contribution in [3.8, 4) is 10.6 Å². The standard InChI is InChI=1S/C17H22N4OS3/c1-11-4-2-3-5-14(11)19-17(23)21-20-15(22)8-13-10-25-16(18-13)12-6-7-24-9-12/h6-7,9-11,14H,2-5,8H2,1H3,(H,20,22)(H2,19,21,23). The minimum Gasteiger partial charge on any atom is -0.358 e. The fourth-order valence-corrected chi connectivity index (χ4v) is 4.71. The van der Waals surface area contributed by atoms with Crippen molar-refractivity contribution in [2.45, 2.75) is 45.1 Å². The molecule has 3 rings (SSSR count). The van der Waals surface area contributed by atoms with E-state index in [9.17, 15) is 4.79 Å². The summed E-state index contributed by atoms with van der Waals surface area (Å²) in [6.07, 6.45) is 5.10. The van der Waals surface area contributed by atoms with Crippen LogP contribution in [0.25, 0.3) is 10.6 Å². The molecule has 2 atom stereocenters. The van der Waals surface area contributed by atoms with Crippen LogP contribution in [0.3, 0.4) is 0 Å². The van der Waals surface area contributed by atoms with Crippen LogP contribution < -0.4 is 16.2 Å². The lowest BCUT2D eigenvalue weighted by atomic mass is 9.86. The summed E-state index contributed by atoms with van der Waals surface area (Å²) >= 11 is 8.47. The lowest BCUT2D eigenvalue weighted by molar-refractivity contribution is -0.121. The van der Waals surface area contributed by atoms with Gasteiger partial charge in [-0.25, -0.2) is 4.98 Å². The van der Waals surface area contributed by atoms with Gasteiger partial charge in [-0.3, -0.25) is 15.6 Å². The van der Waals surface area contributed by atoms with Crippen molar-refractivity contribution in [1.82, 2.24) is 21.2 Å². The topological polar surface area (TPSA) is 66.0 Å². The van der Waals surface area contributed by atoms with Gasteiger partial charge in [0.15, 0.2) is 5.11 Å². The molecule has 2 aromatic rings. The molecule has 1 amide bonds. The second-order valence-corrected chi connectivity index (χ2v) is 8.39. The smallest absolute Gasteiger partial charge is 0.244 e. The first-order chi connectivity index (χ1) is 12.1. The minimum absolute atomic E-state index is 0.150. The maximum atomic E-state index is 12.1. The van der Waals surface area contributed by atoms with Crippen molar-refractivity contribution in [3.63, 3.8) is 0 Å². The molecule has 0 bridgehead atoms. The summed E-state index contributed by atoms with van der Waals surface area (Å²) in [5.41, 5.74) is 7.33. The fraction of sp³-hybridized carbons (Fsp3) is 0.471. The Morgan fingerprint density at radius 1 is 1.32 bits per heavy atom. The summed E-state index contributed by atoms with van der Waals surface area (Å²) < 4.78 is 0. The molecule has 2 unspecified atom stereocenters. The number of nitrogens with zero attached hydrogens (tertiary/aromatic N) is 1. The number of carbonyl (C=O) groups is 1. The molecule has 5 nitrogen and oxygen atoms in total. The van der Waals surface area contributed by atoms with Crippen molar-refractivity contribution in [1.29, 1.82) is 0 Å². The summed E-state index contributed by atoms with van der Waals surface area (Å²) in [5, 5.41) is 10.7. The maximum absolute atomic E-state index is 12.1. The predicted molar refractivity (Wildman–Crippen MR) is 108 cm³/mol. The third-order valence-electron chi connectivity index (χ3n) is 4.40. The van der Waals surface area contributed by atoms with Crippen LogP contribution in [0.4, 0.5) is 0 Å². The second kappa shape index (κ2) is 8.73. The van der Waals surface area contributed by atoms with Crippen LogP contribution in [0.2, 0.25) is 0 Å². The average molecular weight is 395 g/mol. The molecule has 0 radical (unpaired) electrons. The van der Waals surface area contributed by atoms with Crippen LogP contribution in [0.1, 0.15) is 38.3 Å². The van der Waals surface area contributed by atoms with Gasteiger partial charge in [0, 0.05) is 22.4 Å². The number of thiophene rings is 1. The molecule has 2 heterocycles. The van der Waals surface area contributed by atoms with Crippen molar-refractivity contribution in [2.24, 2.45) is 5.92 Å². The van der Waals surface area contributed by atoms with Gasteiger partial charge in [-0.1, -0.05) is 19.8 Å². The number of hydrogen-bond acceptors (Lipinski definition) is 5. The van der Waals surface area contributed by atoms with Crippen molar-refractivity contribution >= 4 is 45.9 Å². The van der Waals surface area contributed by atoms with Crippen LogP contribution >= 0.6 is 34.9 Å². The summed E-state index contributed by atoms with van der Waals surface area (Å²) in [7, 11) is 0. The molecule has 0 aromatic carbocycles. The number of carbonyl (C=O) groups excluding carboxylic acids is 1. The van der Waals surface area contributed by atoms with E-state index < -0.39 is 0 Å². The quantitative estimate of drug-likeness (QED) is 0.547. The molecule has 134 valence electrons. The summed E-state index contributed by atoms with van der Waals surface area (Å²) in [4.78, 5) is 16.6. The van der Waals surface area contributed by atoms with E-state index in [1.807, 2.05) is 16.8 Å². The molecule has 0 spiro atoms. The molecule has 8 heteroatoms. The Morgan fingerprint density at radius 3 is 2.92 bits per heavy atom. The minimum atomic E-state index is -0.150. The van der Waals surface area contributed by atoms with E-state index in [4.69, 9.17) is 12.2 Å². The van der Waals surface area contributed by atoms with Gasteiger partial charge in [0.25, 0.3) is 0 Å². The highest BCUT2D eigenvalue weighted by Gasteiger charge is 2.21. The van der Waals surface area contributed by atoms with Crippen molar-refractivity contribution in [2.75, 3.05) is 0 Å². The maximum Gasteiger partial charge on any atom is 0.244 e. The highest BCUT2D eigenvalue weighted by Crippen LogP contribution is 2.26. The lowest BCUT2D eigenvalue weighted by Crippen LogP contribution is -2.51. The molecule has 1 aliphatic carbocycles. The Bertz CT molecular complexity index is 713. The largest absolute Gasteiger partial charge is 0.358 e.